The fourth-order valence-corrected chi connectivity index (χ4v) is 6.76. The van der Waals surface area contributed by atoms with Crippen LogP contribution in [0.5, 0.6) is 5.75 Å². The molecule has 2 N–H and O–H groups in total. The van der Waals surface area contributed by atoms with Gasteiger partial charge in [-0.15, -0.1) is 11.3 Å². The van der Waals surface area contributed by atoms with E-state index in [-0.39, 0.29) is 17.1 Å². The summed E-state index contributed by atoms with van der Waals surface area (Å²) in [7, 11) is 1.46. The number of nitrogens with zero attached hydrogens (tertiary/aromatic N) is 5. The Bertz CT molecular complexity index is 1780. The highest BCUT2D eigenvalue weighted by Crippen LogP contribution is 2.41. The molecule has 41 heavy (non-hydrogen) atoms. The molecule has 5 heterocycles. The number of piperazine rings is 1. The van der Waals surface area contributed by atoms with E-state index in [1.807, 2.05) is 25.3 Å². The Labute approximate surface area is 240 Å². The maximum atomic E-state index is 14.7. The van der Waals surface area contributed by atoms with Crippen molar-refractivity contribution in [2.75, 3.05) is 30.4 Å². The number of ether oxygens (including phenoxy) is 1. The summed E-state index contributed by atoms with van der Waals surface area (Å²) in [6.45, 7) is 4.53. The van der Waals surface area contributed by atoms with Crippen LogP contribution in [0.4, 0.5) is 15.8 Å². The molecule has 0 unspecified atom stereocenters. The minimum atomic E-state index is -0.523. The van der Waals surface area contributed by atoms with Gasteiger partial charge >= 0.3 is 0 Å². The highest BCUT2D eigenvalue weighted by Gasteiger charge is 2.39. The zero-order valence-electron chi connectivity index (χ0n) is 22.6. The highest BCUT2D eigenvalue weighted by molar-refractivity contribution is 7.11. The lowest BCUT2D eigenvalue weighted by Crippen LogP contribution is -2.44. The van der Waals surface area contributed by atoms with Crippen LogP contribution in [0.1, 0.15) is 26.8 Å². The third kappa shape index (κ3) is 4.60. The second kappa shape index (κ2) is 10.2. The van der Waals surface area contributed by atoms with Crippen molar-refractivity contribution in [3.8, 4) is 17.1 Å². The predicted octanol–water partition coefficient (Wildman–Crippen LogP) is 4.86. The minimum absolute atomic E-state index is 0.0848. The number of methoxy groups -OCH3 is 1. The van der Waals surface area contributed by atoms with Crippen LogP contribution in [0.2, 0.25) is 0 Å². The third-order valence-corrected chi connectivity index (χ3v) is 8.72. The molecule has 2 bridgehead atoms. The Morgan fingerprint density at radius 1 is 1.22 bits per heavy atom. The Morgan fingerprint density at radius 3 is 2.88 bits per heavy atom. The monoisotopic (exact) mass is 569 g/mol. The van der Waals surface area contributed by atoms with Crippen molar-refractivity contribution >= 4 is 39.5 Å². The molecule has 2 atom stereocenters. The number of halogens is 1. The molecule has 2 fully saturated rings. The zero-order valence-corrected chi connectivity index (χ0v) is 23.4. The molecule has 2 aromatic carbocycles. The van der Waals surface area contributed by atoms with Gasteiger partial charge in [0, 0.05) is 54.0 Å². The number of anilines is 2. The van der Waals surface area contributed by atoms with Crippen LogP contribution in [0.25, 0.3) is 22.3 Å². The number of amides is 1. The zero-order chi connectivity index (χ0) is 28.1. The molecule has 0 radical (unpaired) electrons. The first-order valence-corrected chi connectivity index (χ1v) is 14.3. The maximum absolute atomic E-state index is 14.7. The molecule has 7 rings (SSSR count). The first-order valence-electron chi connectivity index (χ1n) is 13.5. The van der Waals surface area contributed by atoms with Crippen molar-refractivity contribution in [2.24, 2.45) is 0 Å². The number of thiazole rings is 1. The van der Waals surface area contributed by atoms with E-state index in [1.165, 1.54) is 30.3 Å². The van der Waals surface area contributed by atoms with Crippen LogP contribution >= 0.6 is 11.3 Å². The van der Waals surface area contributed by atoms with E-state index in [9.17, 15) is 9.18 Å². The molecular weight excluding hydrogens is 541 g/mol. The third-order valence-electron chi connectivity index (χ3n) is 7.82. The van der Waals surface area contributed by atoms with Gasteiger partial charge in [0.2, 0.25) is 0 Å². The van der Waals surface area contributed by atoms with Crippen molar-refractivity contribution in [1.82, 2.24) is 24.8 Å². The lowest BCUT2D eigenvalue weighted by atomic mass is 10.1. The van der Waals surface area contributed by atoms with E-state index >= 15 is 0 Å². The number of benzene rings is 2. The van der Waals surface area contributed by atoms with Crippen molar-refractivity contribution < 1.29 is 13.9 Å². The summed E-state index contributed by atoms with van der Waals surface area (Å²) in [5.41, 5.74) is 3.06. The second-order valence-electron chi connectivity index (χ2n) is 10.4. The van der Waals surface area contributed by atoms with E-state index in [1.54, 1.807) is 23.5 Å². The summed E-state index contributed by atoms with van der Waals surface area (Å²) in [6, 6.07) is 13.0. The number of aryl methyl sites for hydroxylation is 1. The summed E-state index contributed by atoms with van der Waals surface area (Å²) in [6.07, 6.45) is 6.56. The van der Waals surface area contributed by atoms with Gasteiger partial charge in [-0.25, -0.2) is 19.3 Å². The number of carbonyl (C=O) groups is 1. The average molecular weight is 570 g/mol. The van der Waals surface area contributed by atoms with Gasteiger partial charge in [0.1, 0.15) is 17.3 Å². The molecular formula is C30H28FN7O2S. The van der Waals surface area contributed by atoms with E-state index in [2.05, 4.69) is 47.3 Å². The smallest absolute Gasteiger partial charge is 0.274 e. The largest absolute Gasteiger partial charge is 0.496 e. The van der Waals surface area contributed by atoms with E-state index in [0.717, 1.165) is 47.7 Å². The van der Waals surface area contributed by atoms with Crippen LogP contribution in [-0.2, 0) is 6.54 Å². The molecule has 0 saturated carbocycles. The Morgan fingerprint density at radius 2 is 2.12 bits per heavy atom. The molecule has 208 valence electrons. The molecule has 0 aliphatic carbocycles. The lowest BCUT2D eigenvalue weighted by molar-refractivity contribution is 0.102. The number of hydrogen-bond donors (Lipinski definition) is 2. The van der Waals surface area contributed by atoms with Crippen molar-refractivity contribution in [2.45, 2.75) is 32.0 Å². The average Bonchev–Trinajstić information content (AvgIpc) is 3.79. The number of nitrogens with one attached hydrogen (secondary N) is 2. The number of fused-ring (bicyclic) bond motifs is 3. The molecule has 2 aliphatic rings. The van der Waals surface area contributed by atoms with Gasteiger partial charge in [-0.1, -0.05) is 6.07 Å². The minimum Gasteiger partial charge on any atom is -0.496 e. The van der Waals surface area contributed by atoms with Crippen LogP contribution < -0.4 is 20.3 Å². The van der Waals surface area contributed by atoms with Crippen molar-refractivity contribution in [1.29, 1.82) is 0 Å². The van der Waals surface area contributed by atoms with Crippen LogP contribution in [0, 0.1) is 12.7 Å². The first-order chi connectivity index (χ1) is 20.0. The number of hydrogen-bond acceptors (Lipinski definition) is 8. The van der Waals surface area contributed by atoms with E-state index in [0.29, 0.717) is 23.5 Å². The SMILES string of the molecule is COc1cccc(F)c1-c1nccc(C(=O)Nc2ccc3c(ccn3Cc3cnc(C)s3)c2N2C[C@@H]3C[C@H]2CN3)n1. The Kier molecular flexibility index (Phi) is 6.40. The lowest BCUT2D eigenvalue weighted by Gasteiger charge is -2.32. The molecule has 3 aromatic heterocycles. The fourth-order valence-electron chi connectivity index (χ4n) is 5.97. The molecule has 11 heteroatoms. The quantitative estimate of drug-likeness (QED) is 0.289. The van der Waals surface area contributed by atoms with E-state index in [4.69, 9.17) is 4.74 Å². The Hall–Kier alpha value is -4.35. The topological polar surface area (TPSA) is 97.2 Å². The van der Waals surface area contributed by atoms with Gasteiger partial charge in [-0.3, -0.25) is 4.79 Å². The van der Waals surface area contributed by atoms with Crippen LogP contribution in [0.3, 0.4) is 0 Å². The van der Waals surface area contributed by atoms with Gasteiger partial charge in [-0.2, -0.15) is 0 Å². The summed E-state index contributed by atoms with van der Waals surface area (Å²) in [5, 5.41) is 8.80. The van der Waals surface area contributed by atoms with Gasteiger partial charge in [0.15, 0.2) is 5.82 Å². The fraction of sp³-hybridized carbons (Fsp3) is 0.267. The predicted molar refractivity (Wildman–Crippen MR) is 157 cm³/mol. The standard InChI is InChI=1S/C30H28FN7O2S/c1-17-33-14-20(41-17)16-37-11-9-21-25(37)7-6-23(28(21)38-15-18-12-19(38)13-34-18)36-30(39)24-8-10-32-29(35-24)27-22(31)4-3-5-26(27)40-2/h3-11,14,18-19,34H,12-13,15-16H2,1-2H3,(H,36,39)/t18-,19-/m0/s1. The van der Waals surface area contributed by atoms with Gasteiger partial charge in [-0.05, 0) is 49.7 Å². The summed E-state index contributed by atoms with van der Waals surface area (Å²) >= 11 is 1.69. The van der Waals surface area contributed by atoms with Crippen molar-refractivity contribution in [3.63, 3.8) is 0 Å². The molecule has 9 nitrogen and oxygen atoms in total. The number of carbonyl (C=O) groups excluding carboxylic acids is 1. The molecule has 2 aliphatic heterocycles. The molecule has 2 saturated heterocycles. The highest BCUT2D eigenvalue weighted by atomic mass is 32.1. The maximum Gasteiger partial charge on any atom is 0.274 e. The van der Waals surface area contributed by atoms with Crippen LogP contribution in [-0.4, -0.2) is 57.7 Å². The molecule has 0 spiro atoms. The Balaban J connectivity index is 1.25. The molecule has 5 aromatic rings. The van der Waals surface area contributed by atoms with Gasteiger partial charge in [0.25, 0.3) is 5.91 Å². The number of aromatic nitrogens is 4. The van der Waals surface area contributed by atoms with Gasteiger partial charge in [0.05, 0.1) is 41.1 Å². The van der Waals surface area contributed by atoms with Gasteiger partial charge < -0.3 is 24.8 Å². The summed E-state index contributed by atoms with van der Waals surface area (Å²) in [4.78, 5) is 30.2. The molecule has 1 amide bonds. The first kappa shape index (κ1) is 25.6. The summed E-state index contributed by atoms with van der Waals surface area (Å²) in [5.74, 6) is -0.537. The van der Waals surface area contributed by atoms with E-state index < -0.39 is 11.7 Å². The normalized spacial score (nSPS) is 17.9. The second-order valence-corrected chi connectivity index (χ2v) is 11.7. The summed E-state index contributed by atoms with van der Waals surface area (Å²) < 4.78 is 22.3. The number of rotatable bonds is 7. The van der Waals surface area contributed by atoms with Crippen LogP contribution in [0.15, 0.2) is 61.1 Å². The van der Waals surface area contributed by atoms with Crippen molar-refractivity contribution in [3.05, 3.63) is 82.5 Å².